The van der Waals surface area contributed by atoms with Crippen molar-refractivity contribution < 1.29 is 9.53 Å². The first-order valence-corrected chi connectivity index (χ1v) is 14.0. The number of ether oxygens (including phenoxy) is 1. The van der Waals surface area contributed by atoms with E-state index in [1.165, 1.54) is 11.8 Å². The predicted octanol–water partition coefficient (Wildman–Crippen LogP) is 4.34. The van der Waals surface area contributed by atoms with Crippen molar-refractivity contribution in [3.05, 3.63) is 69.0 Å². The highest BCUT2D eigenvalue weighted by Crippen LogP contribution is 2.35. The van der Waals surface area contributed by atoms with Gasteiger partial charge in [0.15, 0.2) is 0 Å². The maximum absolute atomic E-state index is 13.8. The van der Waals surface area contributed by atoms with E-state index in [1.807, 2.05) is 45.0 Å². The minimum absolute atomic E-state index is 0.00243. The van der Waals surface area contributed by atoms with Crippen LogP contribution in [0.15, 0.2) is 52.3 Å². The first-order chi connectivity index (χ1) is 18.3. The first kappa shape index (κ1) is 26.2. The molecule has 1 amide bonds. The minimum atomic E-state index is -0.194. The number of methoxy groups -OCH3 is 1. The lowest BCUT2D eigenvalue weighted by Gasteiger charge is -2.37. The van der Waals surface area contributed by atoms with Crippen molar-refractivity contribution in [3.63, 3.8) is 0 Å². The molecule has 0 N–H and O–H groups in total. The van der Waals surface area contributed by atoms with Crippen LogP contribution in [0.2, 0.25) is 0 Å². The second-order valence-corrected chi connectivity index (χ2v) is 11.2. The molecule has 38 heavy (non-hydrogen) atoms. The number of thiocarbonyl (C=S) groups is 1. The van der Waals surface area contributed by atoms with E-state index >= 15 is 0 Å². The molecule has 5 rings (SSSR count). The molecule has 10 heteroatoms. The average Bonchev–Trinajstić information content (AvgIpc) is 3.22. The second-order valence-electron chi connectivity index (χ2n) is 9.52. The zero-order chi connectivity index (χ0) is 27.0. The maximum atomic E-state index is 13.8. The molecule has 2 fully saturated rings. The van der Waals surface area contributed by atoms with Crippen LogP contribution in [-0.4, -0.2) is 63.8 Å². The molecule has 2 aromatic heterocycles. The number of carbonyl (C=O) groups excluding carboxylic acids is 1. The molecule has 0 radical (unpaired) electrons. The Morgan fingerprint density at radius 1 is 1.11 bits per heavy atom. The number of piperazine rings is 1. The SMILES string of the molecule is CCC(C)N1C(=O)/C(=C/c2c(N3CCN(c4ccc(OC)cc4)CC3)nc3c(C)cccn3c2=O)SC1=S. The lowest BCUT2D eigenvalue weighted by atomic mass is 10.1. The summed E-state index contributed by atoms with van der Waals surface area (Å²) in [6.45, 7) is 8.89. The molecule has 2 saturated heterocycles. The second kappa shape index (κ2) is 10.8. The lowest BCUT2D eigenvalue weighted by Crippen LogP contribution is -2.47. The van der Waals surface area contributed by atoms with Crippen molar-refractivity contribution in [2.24, 2.45) is 0 Å². The number of pyridine rings is 1. The summed E-state index contributed by atoms with van der Waals surface area (Å²) in [4.78, 5) is 38.6. The van der Waals surface area contributed by atoms with E-state index in [9.17, 15) is 9.59 Å². The van der Waals surface area contributed by atoms with Gasteiger partial charge in [-0.1, -0.05) is 37.0 Å². The van der Waals surface area contributed by atoms with E-state index in [4.69, 9.17) is 21.9 Å². The van der Waals surface area contributed by atoms with Crippen LogP contribution in [0.3, 0.4) is 0 Å². The zero-order valence-corrected chi connectivity index (χ0v) is 23.6. The Kier molecular flexibility index (Phi) is 7.45. The summed E-state index contributed by atoms with van der Waals surface area (Å²) in [5.41, 5.74) is 2.88. The van der Waals surface area contributed by atoms with Gasteiger partial charge in [-0.2, -0.15) is 0 Å². The molecule has 3 aromatic rings. The van der Waals surface area contributed by atoms with E-state index in [0.717, 1.165) is 36.5 Å². The molecule has 0 aliphatic carbocycles. The van der Waals surface area contributed by atoms with Crippen molar-refractivity contribution in [2.75, 3.05) is 43.1 Å². The molecule has 0 bridgehead atoms. The molecule has 4 heterocycles. The summed E-state index contributed by atoms with van der Waals surface area (Å²) >= 11 is 6.77. The van der Waals surface area contributed by atoms with Crippen molar-refractivity contribution in [1.29, 1.82) is 0 Å². The summed E-state index contributed by atoms with van der Waals surface area (Å²) in [5.74, 6) is 1.28. The number of carbonyl (C=O) groups is 1. The Bertz CT molecular complexity index is 1480. The fourth-order valence-corrected chi connectivity index (χ4v) is 6.25. The fourth-order valence-electron chi connectivity index (χ4n) is 4.81. The van der Waals surface area contributed by atoms with Gasteiger partial charge in [-0.25, -0.2) is 4.98 Å². The third kappa shape index (κ3) is 4.78. The van der Waals surface area contributed by atoms with Crippen molar-refractivity contribution in [2.45, 2.75) is 33.2 Å². The number of rotatable bonds is 6. The Hall–Kier alpha value is -3.37. The number of aromatic nitrogens is 2. The molecule has 0 saturated carbocycles. The van der Waals surface area contributed by atoms with Gasteiger partial charge < -0.3 is 14.5 Å². The Morgan fingerprint density at radius 2 is 1.79 bits per heavy atom. The van der Waals surface area contributed by atoms with Crippen LogP contribution < -0.4 is 20.1 Å². The number of hydrogen-bond acceptors (Lipinski definition) is 8. The summed E-state index contributed by atoms with van der Waals surface area (Å²) < 4.78 is 7.37. The molecular weight excluding hydrogens is 518 g/mol. The summed E-state index contributed by atoms with van der Waals surface area (Å²) in [7, 11) is 1.66. The van der Waals surface area contributed by atoms with Crippen molar-refractivity contribution in [1.82, 2.24) is 14.3 Å². The van der Waals surface area contributed by atoms with Gasteiger partial charge in [0.25, 0.3) is 11.5 Å². The Balaban J connectivity index is 1.52. The molecule has 198 valence electrons. The van der Waals surface area contributed by atoms with Gasteiger partial charge in [0.05, 0.1) is 17.6 Å². The number of nitrogens with zero attached hydrogens (tertiary/aromatic N) is 5. The van der Waals surface area contributed by atoms with E-state index in [1.54, 1.807) is 28.7 Å². The molecule has 1 atom stereocenters. The number of aryl methyl sites for hydroxylation is 1. The van der Waals surface area contributed by atoms with Gasteiger partial charge in [-0.05, 0) is 62.2 Å². The molecule has 1 aromatic carbocycles. The predicted molar refractivity (Wildman–Crippen MR) is 158 cm³/mol. The number of anilines is 2. The molecular formula is C28H31N5O3S2. The normalized spacial score (nSPS) is 18.1. The minimum Gasteiger partial charge on any atom is -0.497 e. The smallest absolute Gasteiger partial charge is 0.267 e. The number of fused-ring (bicyclic) bond motifs is 1. The standard InChI is InChI=1S/C28H31N5O3S2/c1-5-19(3)33-27(35)23(38-28(33)37)17-22-25(29-24-18(2)7-6-12-32(24)26(22)34)31-15-13-30(14-16-31)20-8-10-21(36-4)11-9-20/h6-12,17,19H,5,13-16H2,1-4H3/b23-17-. The van der Waals surface area contributed by atoms with Crippen molar-refractivity contribution >= 4 is 57.4 Å². The monoisotopic (exact) mass is 549 g/mol. The van der Waals surface area contributed by atoms with E-state index in [-0.39, 0.29) is 17.5 Å². The van der Waals surface area contributed by atoms with E-state index in [2.05, 4.69) is 21.9 Å². The fraction of sp³-hybridized carbons (Fsp3) is 0.357. The third-order valence-electron chi connectivity index (χ3n) is 7.21. The number of thioether (sulfide) groups is 1. The van der Waals surface area contributed by atoms with Gasteiger partial charge >= 0.3 is 0 Å². The van der Waals surface area contributed by atoms with Gasteiger partial charge in [0, 0.05) is 44.1 Å². The zero-order valence-electron chi connectivity index (χ0n) is 22.0. The summed E-state index contributed by atoms with van der Waals surface area (Å²) in [6.07, 6.45) is 4.21. The quantitative estimate of drug-likeness (QED) is 0.332. The van der Waals surface area contributed by atoms with Gasteiger partial charge in [-0.3, -0.25) is 18.9 Å². The van der Waals surface area contributed by atoms with Crippen LogP contribution >= 0.6 is 24.0 Å². The van der Waals surface area contributed by atoms with Crippen LogP contribution in [-0.2, 0) is 4.79 Å². The highest BCUT2D eigenvalue weighted by atomic mass is 32.2. The van der Waals surface area contributed by atoms with Gasteiger partial charge in [0.2, 0.25) is 0 Å². The maximum Gasteiger partial charge on any atom is 0.267 e. The average molecular weight is 550 g/mol. The summed E-state index contributed by atoms with van der Waals surface area (Å²) in [5, 5.41) is 0. The Labute approximate surface area is 231 Å². The molecule has 2 aliphatic heterocycles. The van der Waals surface area contributed by atoms with Crippen LogP contribution in [0, 0.1) is 6.92 Å². The van der Waals surface area contributed by atoms with Crippen LogP contribution in [0.25, 0.3) is 11.7 Å². The highest BCUT2D eigenvalue weighted by Gasteiger charge is 2.35. The van der Waals surface area contributed by atoms with Gasteiger partial charge in [0.1, 0.15) is 21.5 Å². The highest BCUT2D eigenvalue weighted by molar-refractivity contribution is 8.26. The number of amides is 1. The molecule has 8 nitrogen and oxygen atoms in total. The van der Waals surface area contributed by atoms with Crippen LogP contribution in [0.1, 0.15) is 31.4 Å². The molecule has 1 unspecified atom stereocenters. The number of hydrogen-bond donors (Lipinski definition) is 0. The van der Waals surface area contributed by atoms with Gasteiger partial charge in [-0.15, -0.1) is 0 Å². The first-order valence-electron chi connectivity index (χ1n) is 12.7. The molecule has 0 spiro atoms. The lowest BCUT2D eigenvalue weighted by molar-refractivity contribution is -0.123. The van der Waals surface area contributed by atoms with E-state index in [0.29, 0.717) is 39.3 Å². The summed E-state index contributed by atoms with van der Waals surface area (Å²) in [6, 6.07) is 11.8. The Morgan fingerprint density at radius 3 is 2.45 bits per heavy atom. The van der Waals surface area contributed by atoms with E-state index < -0.39 is 0 Å². The molecule has 2 aliphatic rings. The topological polar surface area (TPSA) is 70.4 Å². The van der Waals surface area contributed by atoms with Crippen LogP contribution in [0.4, 0.5) is 11.5 Å². The number of benzene rings is 1. The largest absolute Gasteiger partial charge is 0.497 e. The van der Waals surface area contributed by atoms with Crippen molar-refractivity contribution in [3.8, 4) is 5.75 Å². The third-order valence-corrected chi connectivity index (χ3v) is 8.54. The van der Waals surface area contributed by atoms with Crippen LogP contribution in [0.5, 0.6) is 5.75 Å².